The molecule has 0 saturated carbocycles. The summed E-state index contributed by atoms with van der Waals surface area (Å²) in [6, 6.07) is 12.0. The zero-order valence-electron chi connectivity index (χ0n) is 14.0. The number of halogens is 1. The molecule has 0 saturated heterocycles. The predicted octanol–water partition coefficient (Wildman–Crippen LogP) is 4.00. The van der Waals surface area contributed by atoms with Crippen molar-refractivity contribution in [1.82, 2.24) is 14.9 Å². The molecule has 3 heterocycles. The largest absolute Gasteiger partial charge is 0.350 e. The van der Waals surface area contributed by atoms with Crippen molar-refractivity contribution in [3.63, 3.8) is 0 Å². The van der Waals surface area contributed by atoms with E-state index in [0.717, 1.165) is 12.0 Å². The highest BCUT2D eigenvalue weighted by Gasteiger charge is 2.25. The minimum absolute atomic E-state index is 0.156. The van der Waals surface area contributed by atoms with E-state index in [4.69, 9.17) is 11.6 Å². The lowest BCUT2D eigenvalue weighted by atomic mass is 10.1. The Kier molecular flexibility index (Phi) is 4.86. The van der Waals surface area contributed by atoms with Crippen molar-refractivity contribution >= 4 is 34.8 Å². The smallest absolute Gasteiger partial charge is 0.274 e. The quantitative estimate of drug-likeness (QED) is 0.738. The second kappa shape index (κ2) is 7.43. The van der Waals surface area contributed by atoms with Crippen LogP contribution in [0.3, 0.4) is 0 Å². The molecule has 1 aliphatic heterocycles. The van der Waals surface area contributed by atoms with Gasteiger partial charge in [-0.15, -0.1) is 11.3 Å². The third kappa shape index (κ3) is 3.57. The minimum atomic E-state index is -0.156. The Hall–Kier alpha value is -2.44. The van der Waals surface area contributed by atoms with Crippen LogP contribution in [-0.4, -0.2) is 27.3 Å². The van der Waals surface area contributed by atoms with E-state index in [0.29, 0.717) is 25.6 Å². The van der Waals surface area contributed by atoms with Gasteiger partial charge in [0.1, 0.15) is 0 Å². The van der Waals surface area contributed by atoms with Crippen LogP contribution in [0, 0.1) is 0 Å². The van der Waals surface area contributed by atoms with Crippen LogP contribution in [0.1, 0.15) is 26.5 Å². The first kappa shape index (κ1) is 17.0. The Balaban J connectivity index is 1.50. The molecule has 0 spiro atoms. The van der Waals surface area contributed by atoms with Crippen LogP contribution in [0.5, 0.6) is 0 Å². The summed E-state index contributed by atoms with van der Waals surface area (Å²) < 4.78 is 0. The standard InChI is InChI=1S/C19H17ClN4OS/c20-15-11-22-19(21-10-13-4-2-1-3-5-13)23-17(15)18(25)24-8-6-16-14(12-24)7-9-26-16/h1-5,7,9,11H,6,8,10,12H2,(H,21,22,23). The number of thiophene rings is 1. The molecule has 1 amide bonds. The van der Waals surface area contributed by atoms with E-state index in [9.17, 15) is 4.79 Å². The van der Waals surface area contributed by atoms with E-state index in [1.807, 2.05) is 30.3 Å². The molecule has 3 aromatic rings. The van der Waals surface area contributed by atoms with Gasteiger partial charge in [-0.25, -0.2) is 9.97 Å². The first-order valence-corrected chi connectivity index (χ1v) is 9.61. The number of hydrogen-bond acceptors (Lipinski definition) is 5. The molecule has 1 aliphatic rings. The van der Waals surface area contributed by atoms with Crippen molar-refractivity contribution in [3.8, 4) is 0 Å². The summed E-state index contributed by atoms with van der Waals surface area (Å²) >= 11 is 7.95. The van der Waals surface area contributed by atoms with Crippen LogP contribution in [-0.2, 0) is 19.5 Å². The Bertz CT molecular complexity index is 928. The Morgan fingerprint density at radius 3 is 2.96 bits per heavy atom. The Morgan fingerprint density at radius 2 is 2.12 bits per heavy atom. The van der Waals surface area contributed by atoms with Gasteiger partial charge in [0, 0.05) is 24.5 Å². The fourth-order valence-electron chi connectivity index (χ4n) is 2.95. The van der Waals surface area contributed by atoms with Crippen LogP contribution >= 0.6 is 22.9 Å². The topological polar surface area (TPSA) is 58.1 Å². The minimum Gasteiger partial charge on any atom is -0.350 e. The molecule has 4 rings (SSSR count). The summed E-state index contributed by atoms with van der Waals surface area (Å²) in [6.07, 6.45) is 2.36. The van der Waals surface area contributed by atoms with Gasteiger partial charge in [0.05, 0.1) is 11.2 Å². The SMILES string of the molecule is O=C(c1nc(NCc2ccccc2)ncc1Cl)N1CCc2sccc2C1. The fourth-order valence-corrected chi connectivity index (χ4v) is 4.01. The average Bonchev–Trinajstić information content (AvgIpc) is 3.15. The Labute approximate surface area is 160 Å². The number of hydrogen-bond donors (Lipinski definition) is 1. The summed E-state index contributed by atoms with van der Waals surface area (Å²) in [5.41, 5.74) is 2.57. The van der Waals surface area contributed by atoms with Gasteiger partial charge in [0.15, 0.2) is 5.69 Å². The number of carbonyl (C=O) groups excluding carboxylic acids is 1. The summed E-state index contributed by atoms with van der Waals surface area (Å²) in [5.74, 6) is 0.242. The third-order valence-corrected chi connectivity index (χ3v) is 5.63. The van der Waals surface area contributed by atoms with E-state index < -0.39 is 0 Å². The number of amides is 1. The molecule has 0 atom stereocenters. The van der Waals surface area contributed by atoms with Crippen LogP contribution in [0.15, 0.2) is 48.0 Å². The molecule has 1 N–H and O–H groups in total. The maximum Gasteiger partial charge on any atom is 0.274 e. The highest BCUT2D eigenvalue weighted by atomic mass is 35.5. The number of anilines is 1. The molecule has 0 bridgehead atoms. The van der Waals surface area contributed by atoms with E-state index in [1.54, 1.807) is 16.2 Å². The number of aromatic nitrogens is 2. The van der Waals surface area contributed by atoms with Gasteiger partial charge in [-0.05, 0) is 29.0 Å². The van der Waals surface area contributed by atoms with E-state index in [2.05, 4.69) is 26.7 Å². The number of rotatable bonds is 4. The van der Waals surface area contributed by atoms with E-state index >= 15 is 0 Å². The average molecular weight is 385 g/mol. The highest BCUT2D eigenvalue weighted by molar-refractivity contribution is 7.10. The zero-order chi connectivity index (χ0) is 17.9. The number of fused-ring (bicyclic) bond motifs is 1. The fraction of sp³-hybridized carbons (Fsp3) is 0.211. The van der Waals surface area contributed by atoms with Crippen molar-refractivity contribution in [2.45, 2.75) is 19.5 Å². The summed E-state index contributed by atoms with van der Waals surface area (Å²) in [4.78, 5) is 24.6. The van der Waals surface area contributed by atoms with Gasteiger partial charge in [0.25, 0.3) is 5.91 Å². The lowest BCUT2D eigenvalue weighted by Crippen LogP contribution is -2.36. The van der Waals surface area contributed by atoms with Crippen LogP contribution < -0.4 is 5.32 Å². The summed E-state index contributed by atoms with van der Waals surface area (Å²) in [7, 11) is 0. The van der Waals surface area contributed by atoms with Gasteiger partial charge >= 0.3 is 0 Å². The van der Waals surface area contributed by atoms with Crippen LogP contribution in [0.4, 0.5) is 5.95 Å². The zero-order valence-corrected chi connectivity index (χ0v) is 15.6. The Morgan fingerprint density at radius 1 is 1.27 bits per heavy atom. The monoisotopic (exact) mass is 384 g/mol. The van der Waals surface area contributed by atoms with Crippen molar-refractivity contribution in [1.29, 1.82) is 0 Å². The normalized spacial score (nSPS) is 13.3. The molecule has 0 fully saturated rings. The molecule has 0 unspecified atom stereocenters. The van der Waals surface area contributed by atoms with E-state index in [-0.39, 0.29) is 16.6 Å². The van der Waals surface area contributed by atoms with Crippen LogP contribution in [0.2, 0.25) is 5.02 Å². The van der Waals surface area contributed by atoms with Crippen molar-refractivity contribution in [3.05, 3.63) is 74.7 Å². The highest BCUT2D eigenvalue weighted by Crippen LogP contribution is 2.26. The molecule has 2 aromatic heterocycles. The molecular weight excluding hydrogens is 368 g/mol. The summed E-state index contributed by atoms with van der Waals surface area (Å²) in [6.45, 7) is 1.86. The number of benzene rings is 1. The molecule has 0 aliphatic carbocycles. The number of carbonyl (C=O) groups is 1. The third-order valence-electron chi connectivity index (χ3n) is 4.34. The predicted molar refractivity (Wildman–Crippen MR) is 104 cm³/mol. The molecule has 5 nitrogen and oxygen atoms in total. The maximum atomic E-state index is 12.9. The van der Waals surface area contributed by atoms with Gasteiger partial charge < -0.3 is 10.2 Å². The molecular formula is C19H17ClN4OS. The van der Waals surface area contributed by atoms with Crippen molar-refractivity contribution in [2.24, 2.45) is 0 Å². The lowest BCUT2D eigenvalue weighted by molar-refractivity contribution is 0.0730. The van der Waals surface area contributed by atoms with E-state index in [1.165, 1.54) is 16.6 Å². The molecule has 0 radical (unpaired) electrons. The van der Waals surface area contributed by atoms with Gasteiger partial charge in [-0.3, -0.25) is 4.79 Å². The first-order chi connectivity index (χ1) is 12.7. The second-order valence-electron chi connectivity index (χ2n) is 6.08. The lowest BCUT2D eigenvalue weighted by Gasteiger charge is -2.27. The second-order valence-corrected chi connectivity index (χ2v) is 7.48. The van der Waals surface area contributed by atoms with Gasteiger partial charge in [-0.1, -0.05) is 41.9 Å². The van der Waals surface area contributed by atoms with Crippen LogP contribution in [0.25, 0.3) is 0 Å². The van der Waals surface area contributed by atoms with Gasteiger partial charge in [-0.2, -0.15) is 0 Å². The van der Waals surface area contributed by atoms with Crippen molar-refractivity contribution in [2.75, 3.05) is 11.9 Å². The van der Waals surface area contributed by atoms with Gasteiger partial charge in [0.2, 0.25) is 5.95 Å². The molecule has 7 heteroatoms. The molecule has 132 valence electrons. The molecule has 26 heavy (non-hydrogen) atoms. The maximum absolute atomic E-state index is 12.9. The number of nitrogens with zero attached hydrogens (tertiary/aromatic N) is 3. The number of nitrogens with one attached hydrogen (secondary N) is 1. The summed E-state index contributed by atoms with van der Waals surface area (Å²) in [5, 5.41) is 5.49. The first-order valence-electron chi connectivity index (χ1n) is 8.35. The van der Waals surface area contributed by atoms with Crippen molar-refractivity contribution < 1.29 is 4.79 Å². The molecule has 1 aromatic carbocycles.